The summed E-state index contributed by atoms with van der Waals surface area (Å²) in [6.07, 6.45) is 2.06. The first-order valence-corrected chi connectivity index (χ1v) is 5.36. The molecule has 84 valence electrons. The Morgan fingerprint density at radius 2 is 2.25 bits per heavy atom. The molecule has 0 unspecified atom stereocenters. The van der Waals surface area contributed by atoms with Gasteiger partial charge in [0.1, 0.15) is 5.84 Å². The van der Waals surface area contributed by atoms with Crippen LogP contribution in [0.15, 0.2) is 29.3 Å². The molecule has 2 rings (SSSR count). The van der Waals surface area contributed by atoms with Crippen molar-refractivity contribution in [3.63, 3.8) is 0 Å². The van der Waals surface area contributed by atoms with Crippen molar-refractivity contribution in [2.75, 3.05) is 11.9 Å². The van der Waals surface area contributed by atoms with E-state index in [0.29, 0.717) is 0 Å². The lowest BCUT2D eigenvalue weighted by molar-refractivity contribution is -0.136. The van der Waals surface area contributed by atoms with Gasteiger partial charge in [0.15, 0.2) is 0 Å². The summed E-state index contributed by atoms with van der Waals surface area (Å²) in [5.41, 5.74) is 1.65. The average Bonchev–Trinajstić information content (AvgIpc) is 2.73. The van der Waals surface area contributed by atoms with Gasteiger partial charge in [0.25, 0.3) is 0 Å². The Morgan fingerprint density at radius 1 is 1.44 bits per heavy atom. The van der Waals surface area contributed by atoms with Gasteiger partial charge in [-0.2, -0.15) is 0 Å². The van der Waals surface area contributed by atoms with E-state index >= 15 is 0 Å². The molecule has 2 N–H and O–H groups in total. The highest BCUT2D eigenvalue weighted by Crippen LogP contribution is 2.17. The minimum absolute atomic E-state index is 0.0381. The van der Waals surface area contributed by atoms with Gasteiger partial charge in [0.2, 0.25) is 0 Å². The Hall–Kier alpha value is -1.84. The second kappa shape index (κ2) is 4.79. The maximum absolute atomic E-state index is 10.7. The molecule has 0 fully saturated rings. The second-order valence-corrected chi connectivity index (χ2v) is 3.78. The summed E-state index contributed by atoms with van der Waals surface area (Å²) in [6.45, 7) is 0.865. The van der Waals surface area contributed by atoms with Crippen LogP contribution in [-0.4, -0.2) is 23.5 Å². The highest BCUT2D eigenvalue weighted by atomic mass is 16.4. The molecular weight excluding hydrogens is 204 g/mol. The molecule has 1 heterocycles. The fourth-order valence-electron chi connectivity index (χ4n) is 1.76. The molecule has 0 amide bonds. The number of nitrogens with one attached hydrogen (secondary N) is 1. The van der Waals surface area contributed by atoms with E-state index in [9.17, 15) is 4.79 Å². The number of hydrogen-bond acceptors (Lipinski definition) is 3. The molecule has 0 aromatic heterocycles. The Bertz CT molecular complexity index is 427. The van der Waals surface area contributed by atoms with Gasteiger partial charge in [-0.25, -0.2) is 0 Å². The molecule has 0 radical (unpaired) electrons. The normalized spacial score (nSPS) is 14.6. The van der Waals surface area contributed by atoms with E-state index in [2.05, 4.69) is 10.3 Å². The summed E-state index contributed by atoms with van der Waals surface area (Å²) in [6, 6.07) is 7.45. The van der Waals surface area contributed by atoms with E-state index in [-0.39, 0.29) is 6.42 Å². The minimum Gasteiger partial charge on any atom is -0.481 e. The SMILES string of the molecule is O=C(O)Cc1ccccc1NC1=NCCC1. The Morgan fingerprint density at radius 3 is 2.94 bits per heavy atom. The summed E-state index contributed by atoms with van der Waals surface area (Å²) in [5, 5.41) is 12.0. The van der Waals surface area contributed by atoms with Crippen molar-refractivity contribution < 1.29 is 9.90 Å². The monoisotopic (exact) mass is 218 g/mol. The predicted octanol–water partition coefficient (Wildman–Crippen LogP) is 1.92. The number of nitrogens with zero attached hydrogens (tertiary/aromatic N) is 1. The van der Waals surface area contributed by atoms with Gasteiger partial charge in [-0.05, 0) is 18.1 Å². The van der Waals surface area contributed by atoms with Crippen LogP contribution in [-0.2, 0) is 11.2 Å². The lowest BCUT2D eigenvalue weighted by atomic mass is 10.1. The molecule has 1 aromatic carbocycles. The van der Waals surface area contributed by atoms with E-state index in [0.717, 1.165) is 36.5 Å². The highest BCUT2D eigenvalue weighted by Gasteiger charge is 2.10. The molecule has 0 aliphatic carbocycles. The van der Waals surface area contributed by atoms with Gasteiger partial charge >= 0.3 is 5.97 Å². The molecule has 1 aliphatic heterocycles. The van der Waals surface area contributed by atoms with Crippen molar-refractivity contribution in [1.29, 1.82) is 0 Å². The number of para-hydroxylation sites is 1. The van der Waals surface area contributed by atoms with Crippen LogP contribution < -0.4 is 5.32 Å². The maximum atomic E-state index is 10.7. The number of anilines is 1. The first kappa shape index (κ1) is 10.7. The fourth-order valence-corrected chi connectivity index (χ4v) is 1.76. The molecule has 1 aromatic rings. The highest BCUT2D eigenvalue weighted by molar-refractivity contribution is 5.97. The summed E-state index contributed by atoms with van der Waals surface area (Å²) in [5.74, 6) is 0.139. The van der Waals surface area contributed by atoms with Crippen LogP contribution in [0.25, 0.3) is 0 Å². The van der Waals surface area contributed by atoms with Crippen LogP contribution in [0.2, 0.25) is 0 Å². The minimum atomic E-state index is -0.817. The Kier molecular flexibility index (Phi) is 3.19. The topological polar surface area (TPSA) is 61.7 Å². The van der Waals surface area contributed by atoms with Crippen molar-refractivity contribution >= 4 is 17.5 Å². The lowest BCUT2D eigenvalue weighted by Crippen LogP contribution is -2.11. The van der Waals surface area contributed by atoms with Crippen molar-refractivity contribution in [1.82, 2.24) is 0 Å². The third-order valence-electron chi connectivity index (χ3n) is 2.51. The van der Waals surface area contributed by atoms with Gasteiger partial charge in [0.05, 0.1) is 6.42 Å². The largest absolute Gasteiger partial charge is 0.481 e. The summed E-state index contributed by atoms with van der Waals surface area (Å²) in [4.78, 5) is 15.0. The number of benzene rings is 1. The molecule has 0 atom stereocenters. The molecule has 0 saturated heterocycles. The number of carboxylic acid groups (broad SMARTS) is 1. The van der Waals surface area contributed by atoms with Crippen LogP contribution in [0, 0.1) is 0 Å². The molecule has 4 nitrogen and oxygen atoms in total. The number of aliphatic carboxylic acids is 1. The molecule has 1 aliphatic rings. The third-order valence-corrected chi connectivity index (χ3v) is 2.51. The summed E-state index contributed by atoms with van der Waals surface area (Å²) < 4.78 is 0. The van der Waals surface area contributed by atoms with Gasteiger partial charge in [-0.1, -0.05) is 18.2 Å². The zero-order chi connectivity index (χ0) is 11.4. The molecule has 0 bridgehead atoms. The van der Waals surface area contributed by atoms with E-state index in [1.165, 1.54) is 0 Å². The molecule has 0 saturated carbocycles. The Labute approximate surface area is 94.0 Å². The van der Waals surface area contributed by atoms with Crippen molar-refractivity contribution in [3.05, 3.63) is 29.8 Å². The number of carboxylic acids is 1. The number of rotatable bonds is 3. The van der Waals surface area contributed by atoms with E-state index in [1.54, 1.807) is 0 Å². The third kappa shape index (κ3) is 2.59. The quantitative estimate of drug-likeness (QED) is 0.814. The zero-order valence-corrected chi connectivity index (χ0v) is 8.94. The van der Waals surface area contributed by atoms with Crippen LogP contribution in [0.3, 0.4) is 0 Å². The lowest BCUT2D eigenvalue weighted by Gasteiger charge is -2.10. The number of aliphatic imine (C=N–C) groups is 1. The van der Waals surface area contributed by atoms with Crippen molar-refractivity contribution in [2.45, 2.75) is 19.3 Å². The van der Waals surface area contributed by atoms with E-state index in [4.69, 9.17) is 5.11 Å². The van der Waals surface area contributed by atoms with E-state index < -0.39 is 5.97 Å². The van der Waals surface area contributed by atoms with Crippen LogP contribution >= 0.6 is 0 Å². The average molecular weight is 218 g/mol. The first-order chi connectivity index (χ1) is 7.75. The summed E-state index contributed by atoms with van der Waals surface area (Å²) >= 11 is 0. The molecule has 0 spiro atoms. The van der Waals surface area contributed by atoms with Gasteiger partial charge in [0, 0.05) is 18.7 Å². The van der Waals surface area contributed by atoms with Crippen LogP contribution in [0.5, 0.6) is 0 Å². The van der Waals surface area contributed by atoms with Crippen molar-refractivity contribution in [3.8, 4) is 0 Å². The van der Waals surface area contributed by atoms with Crippen LogP contribution in [0.4, 0.5) is 5.69 Å². The zero-order valence-electron chi connectivity index (χ0n) is 8.94. The first-order valence-electron chi connectivity index (χ1n) is 5.36. The van der Waals surface area contributed by atoms with Crippen molar-refractivity contribution in [2.24, 2.45) is 4.99 Å². The number of hydrogen-bond donors (Lipinski definition) is 2. The standard InChI is InChI=1S/C12H14N2O2/c15-12(16)8-9-4-1-2-5-10(9)14-11-6-3-7-13-11/h1-2,4-5H,3,6-8H2,(H,13,14)(H,15,16). The van der Waals surface area contributed by atoms with Gasteiger partial charge in [-0.15, -0.1) is 0 Å². The second-order valence-electron chi connectivity index (χ2n) is 3.78. The molecular formula is C12H14N2O2. The molecule has 4 heteroatoms. The maximum Gasteiger partial charge on any atom is 0.307 e. The van der Waals surface area contributed by atoms with Crippen LogP contribution in [0.1, 0.15) is 18.4 Å². The summed E-state index contributed by atoms with van der Waals surface area (Å²) in [7, 11) is 0. The fraction of sp³-hybridized carbons (Fsp3) is 0.333. The van der Waals surface area contributed by atoms with Gasteiger partial charge in [-0.3, -0.25) is 9.79 Å². The number of carbonyl (C=O) groups is 1. The van der Waals surface area contributed by atoms with E-state index in [1.807, 2.05) is 24.3 Å². The Balaban J connectivity index is 2.15. The van der Waals surface area contributed by atoms with Gasteiger partial charge < -0.3 is 10.4 Å². The molecule has 16 heavy (non-hydrogen) atoms. The number of amidine groups is 1. The smallest absolute Gasteiger partial charge is 0.307 e. The predicted molar refractivity (Wildman–Crippen MR) is 62.9 cm³/mol.